The summed E-state index contributed by atoms with van der Waals surface area (Å²) >= 11 is 0. The smallest absolute Gasteiger partial charge is 0.142 e. The van der Waals surface area contributed by atoms with Crippen LogP contribution in [0.4, 0.5) is 5.69 Å². The molecule has 0 amide bonds. The Morgan fingerprint density at radius 2 is 1.80 bits per heavy atom. The van der Waals surface area contributed by atoms with Crippen LogP contribution < -0.4 is 15.4 Å². The molecule has 0 aromatic heterocycles. The van der Waals surface area contributed by atoms with Gasteiger partial charge in [0.2, 0.25) is 0 Å². The van der Waals surface area contributed by atoms with Gasteiger partial charge in [-0.1, -0.05) is 0 Å². The number of hydrogen-bond donors (Lipinski definition) is 2. The lowest BCUT2D eigenvalue weighted by atomic mass is 10.0. The number of nitrogens with one attached hydrogen (secondary N) is 2. The molecule has 0 spiro atoms. The normalized spacial score (nSPS) is 19.2. The Bertz CT molecular complexity index is 341. The van der Waals surface area contributed by atoms with Gasteiger partial charge in [0, 0.05) is 6.54 Å². The van der Waals surface area contributed by atoms with Gasteiger partial charge in [0.25, 0.3) is 0 Å². The Labute approximate surface area is 89.8 Å². The zero-order chi connectivity index (χ0) is 10.1. The molecule has 2 aliphatic heterocycles. The number of anilines is 1. The van der Waals surface area contributed by atoms with Crippen LogP contribution in [0, 0.1) is 0 Å². The highest BCUT2D eigenvalue weighted by atomic mass is 16.5. The first kappa shape index (κ1) is 9.04. The molecule has 0 unspecified atom stereocenters. The van der Waals surface area contributed by atoms with Gasteiger partial charge < -0.3 is 15.4 Å². The maximum atomic E-state index is 5.65. The van der Waals surface area contributed by atoms with E-state index >= 15 is 0 Å². The highest BCUT2D eigenvalue weighted by Gasteiger charge is 2.15. The molecule has 0 saturated carbocycles. The first-order valence-corrected chi connectivity index (χ1v) is 5.67. The minimum absolute atomic E-state index is 0.782. The molecule has 0 radical (unpaired) electrons. The van der Waals surface area contributed by atoms with E-state index in [-0.39, 0.29) is 0 Å². The third-order valence-corrected chi connectivity index (χ3v) is 3.12. The van der Waals surface area contributed by atoms with Crippen molar-refractivity contribution in [1.29, 1.82) is 0 Å². The van der Waals surface area contributed by atoms with E-state index in [9.17, 15) is 0 Å². The van der Waals surface area contributed by atoms with Gasteiger partial charge in [-0.05, 0) is 49.2 Å². The number of benzene rings is 1. The first-order chi connectivity index (χ1) is 7.43. The molecule has 0 bridgehead atoms. The van der Waals surface area contributed by atoms with Gasteiger partial charge in [-0.25, -0.2) is 0 Å². The van der Waals surface area contributed by atoms with Gasteiger partial charge in [0.15, 0.2) is 0 Å². The molecule has 3 nitrogen and oxygen atoms in total. The van der Waals surface area contributed by atoms with E-state index in [4.69, 9.17) is 4.74 Å². The minimum atomic E-state index is 0.782. The third-order valence-electron chi connectivity index (χ3n) is 3.12. The molecule has 3 heteroatoms. The van der Waals surface area contributed by atoms with Crippen molar-refractivity contribution < 1.29 is 4.74 Å². The standard InChI is InChI=1S/C12H16N2O/c1-3-13-4-2-10-8-12-11(7-9(1)10)14-5-6-15-12/h7-8,13-14H,1-6H2. The van der Waals surface area contributed by atoms with Crippen LogP contribution in [0.1, 0.15) is 11.1 Å². The van der Waals surface area contributed by atoms with Crippen LogP contribution >= 0.6 is 0 Å². The summed E-state index contributed by atoms with van der Waals surface area (Å²) in [5.41, 5.74) is 4.08. The molecule has 2 aliphatic rings. The van der Waals surface area contributed by atoms with Gasteiger partial charge in [-0.2, -0.15) is 0 Å². The van der Waals surface area contributed by atoms with Gasteiger partial charge in [0.05, 0.1) is 5.69 Å². The Kier molecular flexibility index (Phi) is 2.25. The molecule has 3 rings (SSSR count). The summed E-state index contributed by atoms with van der Waals surface area (Å²) in [6, 6.07) is 4.47. The van der Waals surface area contributed by atoms with Crippen molar-refractivity contribution in [2.75, 3.05) is 31.6 Å². The lowest BCUT2D eigenvalue weighted by molar-refractivity contribution is 0.323. The summed E-state index contributed by atoms with van der Waals surface area (Å²) in [6.45, 7) is 3.87. The fraction of sp³-hybridized carbons (Fsp3) is 0.500. The van der Waals surface area contributed by atoms with E-state index in [1.807, 2.05) is 0 Å². The highest BCUT2D eigenvalue weighted by Crippen LogP contribution is 2.31. The summed E-state index contributed by atoms with van der Waals surface area (Å²) in [5, 5.41) is 6.81. The predicted octanol–water partition coefficient (Wildman–Crippen LogP) is 1.18. The molecular formula is C12H16N2O. The van der Waals surface area contributed by atoms with Crippen molar-refractivity contribution in [3.8, 4) is 5.75 Å². The molecule has 2 N–H and O–H groups in total. The Morgan fingerprint density at radius 3 is 2.67 bits per heavy atom. The third kappa shape index (κ3) is 1.67. The summed E-state index contributed by atoms with van der Waals surface area (Å²) in [5.74, 6) is 1.03. The quantitative estimate of drug-likeness (QED) is 0.665. The zero-order valence-corrected chi connectivity index (χ0v) is 8.81. The van der Waals surface area contributed by atoms with E-state index in [0.29, 0.717) is 0 Å². The summed E-state index contributed by atoms with van der Waals surface area (Å²) < 4.78 is 5.65. The van der Waals surface area contributed by atoms with Crippen LogP contribution in [-0.4, -0.2) is 26.2 Å². The predicted molar refractivity (Wildman–Crippen MR) is 60.7 cm³/mol. The molecular weight excluding hydrogens is 188 g/mol. The van der Waals surface area contributed by atoms with Crippen molar-refractivity contribution in [3.63, 3.8) is 0 Å². The number of fused-ring (bicyclic) bond motifs is 2. The largest absolute Gasteiger partial charge is 0.490 e. The lowest BCUT2D eigenvalue weighted by Gasteiger charge is -2.21. The first-order valence-electron chi connectivity index (χ1n) is 5.67. The van der Waals surface area contributed by atoms with E-state index in [2.05, 4.69) is 22.8 Å². The molecule has 80 valence electrons. The molecule has 15 heavy (non-hydrogen) atoms. The summed E-state index contributed by atoms with van der Waals surface area (Å²) in [7, 11) is 0. The van der Waals surface area contributed by atoms with Gasteiger partial charge in [-0.15, -0.1) is 0 Å². The zero-order valence-electron chi connectivity index (χ0n) is 8.81. The molecule has 1 aromatic rings. The van der Waals surface area contributed by atoms with Crippen LogP contribution in [0.3, 0.4) is 0 Å². The lowest BCUT2D eigenvalue weighted by Crippen LogP contribution is -2.18. The van der Waals surface area contributed by atoms with Crippen LogP contribution in [0.2, 0.25) is 0 Å². The maximum Gasteiger partial charge on any atom is 0.142 e. The fourth-order valence-electron chi connectivity index (χ4n) is 2.31. The molecule has 0 saturated heterocycles. The van der Waals surface area contributed by atoms with Crippen LogP contribution in [0.5, 0.6) is 5.75 Å². The van der Waals surface area contributed by atoms with E-state index < -0.39 is 0 Å². The average molecular weight is 204 g/mol. The van der Waals surface area contributed by atoms with Crippen LogP contribution in [0.15, 0.2) is 12.1 Å². The number of rotatable bonds is 0. The van der Waals surface area contributed by atoms with Crippen molar-refractivity contribution in [2.24, 2.45) is 0 Å². The second-order valence-corrected chi connectivity index (χ2v) is 4.14. The van der Waals surface area contributed by atoms with Crippen molar-refractivity contribution in [3.05, 3.63) is 23.3 Å². The Balaban J connectivity index is 2.02. The van der Waals surface area contributed by atoms with Crippen LogP contribution in [-0.2, 0) is 12.8 Å². The van der Waals surface area contributed by atoms with E-state index in [0.717, 1.165) is 44.8 Å². The fourth-order valence-corrected chi connectivity index (χ4v) is 2.31. The summed E-state index contributed by atoms with van der Waals surface area (Å²) in [4.78, 5) is 0. The van der Waals surface area contributed by atoms with E-state index in [1.54, 1.807) is 0 Å². The van der Waals surface area contributed by atoms with Crippen molar-refractivity contribution in [1.82, 2.24) is 5.32 Å². The molecule has 0 atom stereocenters. The average Bonchev–Trinajstić information content (AvgIpc) is 2.50. The van der Waals surface area contributed by atoms with Crippen molar-refractivity contribution in [2.45, 2.75) is 12.8 Å². The second-order valence-electron chi connectivity index (χ2n) is 4.14. The van der Waals surface area contributed by atoms with Gasteiger partial charge >= 0.3 is 0 Å². The topological polar surface area (TPSA) is 33.3 Å². The SMILES string of the molecule is c1c2c(cc3c1NCCO3)CCNCC2. The molecule has 0 aliphatic carbocycles. The molecule has 2 heterocycles. The molecule has 0 fully saturated rings. The van der Waals surface area contributed by atoms with Crippen molar-refractivity contribution >= 4 is 5.69 Å². The van der Waals surface area contributed by atoms with Crippen LogP contribution in [0.25, 0.3) is 0 Å². The van der Waals surface area contributed by atoms with Gasteiger partial charge in [0.1, 0.15) is 12.4 Å². The van der Waals surface area contributed by atoms with Gasteiger partial charge in [-0.3, -0.25) is 0 Å². The highest BCUT2D eigenvalue weighted by molar-refractivity contribution is 5.61. The Hall–Kier alpha value is -1.22. The Morgan fingerprint density at radius 1 is 1.00 bits per heavy atom. The van der Waals surface area contributed by atoms with E-state index in [1.165, 1.54) is 16.8 Å². The second kappa shape index (κ2) is 3.74. The minimum Gasteiger partial charge on any atom is -0.490 e. The monoisotopic (exact) mass is 204 g/mol. The molecule has 1 aromatic carbocycles. The number of ether oxygens (including phenoxy) is 1. The summed E-state index contributed by atoms with van der Waals surface area (Å²) in [6.07, 6.45) is 2.25. The number of hydrogen-bond acceptors (Lipinski definition) is 3. The maximum absolute atomic E-state index is 5.65.